The molecule has 2 aliphatic rings. The fraction of sp³-hybridized carbons (Fsp3) is 0.765. The molecule has 3 rings (SSSR count). The number of hydrogen-bond acceptors (Lipinski definition) is 3. The van der Waals surface area contributed by atoms with Crippen molar-refractivity contribution in [2.75, 3.05) is 13.2 Å². The lowest BCUT2D eigenvalue weighted by atomic mass is 10.1. The summed E-state index contributed by atoms with van der Waals surface area (Å²) in [5.74, 6) is 0.117. The zero-order valence-corrected chi connectivity index (χ0v) is 13.8. The molecule has 0 aliphatic heterocycles. The Bertz CT molecular complexity index is 532. The zero-order valence-electron chi connectivity index (χ0n) is 13.8. The lowest BCUT2D eigenvalue weighted by molar-refractivity contribution is -0.139. The van der Waals surface area contributed by atoms with E-state index >= 15 is 0 Å². The molecular formula is C17H27N3O2. The van der Waals surface area contributed by atoms with Crippen molar-refractivity contribution in [3.63, 3.8) is 0 Å². The van der Waals surface area contributed by atoms with Gasteiger partial charge in [0, 0.05) is 25.4 Å². The van der Waals surface area contributed by atoms with Crippen molar-refractivity contribution >= 4 is 5.91 Å². The minimum atomic E-state index is 0.117. The van der Waals surface area contributed by atoms with Crippen molar-refractivity contribution in [2.45, 2.75) is 64.5 Å². The monoisotopic (exact) mass is 305 g/mol. The molecule has 0 atom stereocenters. The van der Waals surface area contributed by atoms with Gasteiger partial charge in [-0.15, -0.1) is 0 Å². The highest BCUT2D eigenvalue weighted by molar-refractivity contribution is 5.77. The summed E-state index contributed by atoms with van der Waals surface area (Å²) in [6, 6.07) is 0.368. The summed E-state index contributed by atoms with van der Waals surface area (Å²) in [7, 11) is 2.02. The fourth-order valence-corrected chi connectivity index (χ4v) is 3.90. The van der Waals surface area contributed by atoms with Crippen molar-refractivity contribution in [2.24, 2.45) is 7.05 Å². The van der Waals surface area contributed by atoms with Crippen LogP contribution < -0.4 is 0 Å². The van der Waals surface area contributed by atoms with Gasteiger partial charge in [0.25, 0.3) is 0 Å². The van der Waals surface area contributed by atoms with Gasteiger partial charge in [0.05, 0.1) is 12.2 Å². The van der Waals surface area contributed by atoms with Crippen molar-refractivity contribution in [1.82, 2.24) is 14.7 Å². The van der Waals surface area contributed by atoms with Gasteiger partial charge in [-0.1, -0.05) is 12.8 Å². The first-order chi connectivity index (χ1) is 10.7. The maximum absolute atomic E-state index is 12.6. The molecule has 5 heteroatoms. The fourth-order valence-electron chi connectivity index (χ4n) is 3.90. The summed E-state index contributed by atoms with van der Waals surface area (Å²) < 4.78 is 7.37. The summed E-state index contributed by atoms with van der Waals surface area (Å²) in [6.45, 7) is 3.36. The third-order valence-electron chi connectivity index (χ3n) is 5.03. The van der Waals surface area contributed by atoms with Gasteiger partial charge in [-0.3, -0.25) is 9.48 Å². The molecule has 0 radical (unpaired) electrons. The van der Waals surface area contributed by atoms with Gasteiger partial charge < -0.3 is 9.64 Å². The van der Waals surface area contributed by atoms with E-state index in [1.54, 1.807) is 0 Å². The topological polar surface area (TPSA) is 47.4 Å². The summed E-state index contributed by atoms with van der Waals surface area (Å²) in [4.78, 5) is 14.6. The molecule has 122 valence electrons. The number of aromatic nitrogens is 2. The Morgan fingerprint density at radius 3 is 2.82 bits per heavy atom. The van der Waals surface area contributed by atoms with Crippen LogP contribution in [0.2, 0.25) is 0 Å². The van der Waals surface area contributed by atoms with E-state index in [2.05, 4.69) is 5.10 Å². The molecule has 0 N–H and O–H groups in total. The van der Waals surface area contributed by atoms with Crippen LogP contribution in [0.1, 0.15) is 56.0 Å². The number of fused-ring (bicyclic) bond motifs is 1. The van der Waals surface area contributed by atoms with Crippen LogP contribution in [0.15, 0.2) is 0 Å². The third kappa shape index (κ3) is 3.05. The SMILES string of the molecule is CCOCC(=O)N(Cc1nn(C)c2c1CCC2)C1CCCC1. The average molecular weight is 305 g/mol. The molecule has 0 unspecified atom stereocenters. The number of hydrogen-bond donors (Lipinski definition) is 0. The van der Waals surface area contributed by atoms with Crippen LogP contribution in [-0.2, 0) is 36.0 Å². The number of rotatable bonds is 6. The molecule has 1 heterocycles. The van der Waals surface area contributed by atoms with Crippen molar-refractivity contribution in [3.8, 4) is 0 Å². The Labute approximate surface area is 132 Å². The predicted molar refractivity (Wildman–Crippen MR) is 84.5 cm³/mol. The van der Waals surface area contributed by atoms with E-state index in [1.807, 2.05) is 23.6 Å². The lowest BCUT2D eigenvalue weighted by Crippen LogP contribution is -2.40. The second-order valence-corrected chi connectivity index (χ2v) is 6.45. The van der Waals surface area contributed by atoms with Crippen molar-refractivity contribution in [1.29, 1.82) is 0 Å². The summed E-state index contributed by atoms with van der Waals surface area (Å²) in [6.07, 6.45) is 8.13. The molecule has 1 aromatic rings. The molecule has 1 aromatic heterocycles. The van der Waals surface area contributed by atoms with E-state index in [9.17, 15) is 4.79 Å². The Hall–Kier alpha value is -1.36. The van der Waals surface area contributed by atoms with Gasteiger partial charge in [0.1, 0.15) is 6.61 Å². The molecule has 1 amide bonds. The van der Waals surface area contributed by atoms with Crippen LogP contribution in [0.4, 0.5) is 0 Å². The van der Waals surface area contributed by atoms with Gasteiger partial charge >= 0.3 is 0 Å². The number of carbonyl (C=O) groups is 1. The zero-order chi connectivity index (χ0) is 15.5. The molecule has 22 heavy (non-hydrogen) atoms. The van der Waals surface area contributed by atoms with Gasteiger partial charge in [0.15, 0.2) is 0 Å². The Morgan fingerprint density at radius 2 is 2.09 bits per heavy atom. The molecule has 0 spiro atoms. The standard InChI is InChI=1S/C17H27N3O2/c1-3-22-12-17(21)20(13-7-4-5-8-13)11-15-14-9-6-10-16(14)19(2)18-15/h13H,3-12H2,1-2H3. The number of nitrogens with zero attached hydrogens (tertiary/aromatic N) is 3. The average Bonchev–Trinajstić information content (AvgIpc) is 3.22. The van der Waals surface area contributed by atoms with Crippen LogP contribution in [0.3, 0.4) is 0 Å². The van der Waals surface area contributed by atoms with E-state index in [-0.39, 0.29) is 12.5 Å². The molecule has 1 fully saturated rings. The molecular weight excluding hydrogens is 278 g/mol. The van der Waals surface area contributed by atoms with Gasteiger partial charge in [-0.05, 0) is 44.6 Å². The highest BCUT2D eigenvalue weighted by atomic mass is 16.5. The molecule has 5 nitrogen and oxygen atoms in total. The summed E-state index contributed by atoms with van der Waals surface area (Å²) in [5.41, 5.74) is 3.85. The number of carbonyl (C=O) groups excluding carboxylic acids is 1. The van der Waals surface area contributed by atoms with Gasteiger partial charge in [-0.2, -0.15) is 5.10 Å². The maximum atomic E-state index is 12.6. The van der Waals surface area contributed by atoms with Gasteiger partial charge in [0.2, 0.25) is 5.91 Å². The summed E-state index contributed by atoms with van der Waals surface area (Å²) in [5, 5.41) is 4.69. The minimum Gasteiger partial charge on any atom is -0.372 e. The minimum absolute atomic E-state index is 0.117. The summed E-state index contributed by atoms with van der Waals surface area (Å²) >= 11 is 0. The number of amides is 1. The van der Waals surface area contributed by atoms with E-state index in [0.717, 1.165) is 31.4 Å². The van der Waals surface area contributed by atoms with E-state index < -0.39 is 0 Å². The molecule has 2 aliphatic carbocycles. The van der Waals surface area contributed by atoms with Gasteiger partial charge in [-0.25, -0.2) is 0 Å². The van der Waals surface area contributed by atoms with Crippen LogP contribution >= 0.6 is 0 Å². The van der Waals surface area contributed by atoms with Crippen LogP contribution in [0, 0.1) is 0 Å². The lowest BCUT2D eigenvalue weighted by Gasteiger charge is -2.28. The third-order valence-corrected chi connectivity index (χ3v) is 5.03. The van der Waals surface area contributed by atoms with Crippen LogP contribution in [-0.4, -0.2) is 39.8 Å². The molecule has 0 saturated heterocycles. The first-order valence-corrected chi connectivity index (χ1v) is 8.61. The highest BCUT2D eigenvalue weighted by Gasteiger charge is 2.29. The van der Waals surface area contributed by atoms with Crippen LogP contribution in [0.25, 0.3) is 0 Å². The van der Waals surface area contributed by atoms with Crippen molar-refractivity contribution < 1.29 is 9.53 Å². The highest BCUT2D eigenvalue weighted by Crippen LogP contribution is 2.29. The predicted octanol–water partition coefficient (Wildman–Crippen LogP) is 2.22. The van der Waals surface area contributed by atoms with E-state index in [1.165, 1.54) is 30.5 Å². The maximum Gasteiger partial charge on any atom is 0.249 e. The normalized spacial score (nSPS) is 17.9. The van der Waals surface area contributed by atoms with E-state index in [0.29, 0.717) is 19.2 Å². The second kappa shape index (κ2) is 6.82. The Balaban J connectivity index is 1.77. The first-order valence-electron chi connectivity index (χ1n) is 8.61. The number of ether oxygens (including phenoxy) is 1. The van der Waals surface area contributed by atoms with Crippen LogP contribution in [0.5, 0.6) is 0 Å². The molecule has 1 saturated carbocycles. The largest absolute Gasteiger partial charge is 0.372 e. The van der Waals surface area contributed by atoms with Crippen molar-refractivity contribution in [3.05, 3.63) is 17.0 Å². The Kier molecular flexibility index (Phi) is 4.81. The Morgan fingerprint density at radius 1 is 1.32 bits per heavy atom. The second-order valence-electron chi connectivity index (χ2n) is 6.45. The smallest absolute Gasteiger partial charge is 0.249 e. The number of aryl methyl sites for hydroxylation is 1. The quantitative estimate of drug-likeness (QED) is 0.809. The first kappa shape index (κ1) is 15.5. The van der Waals surface area contributed by atoms with E-state index in [4.69, 9.17) is 4.74 Å². The molecule has 0 bridgehead atoms. The molecule has 0 aromatic carbocycles.